The minimum absolute atomic E-state index is 0.221. The first-order valence-electron chi connectivity index (χ1n) is 7.31. The van der Waals surface area contributed by atoms with Gasteiger partial charge in [0.05, 0.1) is 11.3 Å². The van der Waals surface area contributed by atoms with Crippen molar-refractivity contribution in [1.29, 1.82) is 5.26 Å². The van der Waals surface area contributed by atoms with Gasteiger partial charge in [0, 0.05) is 11.0 Å². The molecule has 0 radical (unpaired) electrons. The average molecular weight is 324 g/mol. The Bertz CT molecular complexity index is 594. The third-order valence-electron chi connectivity index (χ3n) is 3.85. The van der Waals surface area contributed by atoms with Crippen molar-refractivity contribution in [3.63, 3.8) is 0 Å². The van der Waals surface area contributed by atoms with Gasteiger partial charge in [-0.1, -0.05) is 19.3 Å². The van der Waals surface area contributed by atoms with Crippen molar-refractivity contribution in [3.8, 4) is 6.07 Å². The van der Waals surface area contributed by atoms with Crippen LogP contribution in [0, 0.1) is 23.0 Å². The summed E-state index contributed by atoms with van der Waals surface area (Å²) in [4.78, 5) is 12.5. The van der Waals surface area contributed by atoms with Gasteiger partial charge in [-0.2, -0.15) is 5.26 Å². The van der Waals surface area contributed by atoms with Crippen molar-refractivity contribution in [2.75, 3.05) is 0 Å². The van der Waals surface area contributed by atoms with Crippen molar-refractivity contribution >= 4 is 17.7 Å². The quantitative estimate of drug-likeness (QED) is 0.857. The number of carbonyl (C=O) groups is 1. The highest BCUT2D eigenvalue weighted by atomic mass is 32.2. The number of nitrogens with one attached hydrogen (secondary N) is 1. The fraction of sp³-hybridized carbons (Fsp3) is 0.500. The zero-order valence-electron chi connectivity index (χ0n) is 12.4. The molecule has 1 amide bonds. The summed E-state index contributed by atoms with van der Waals surface area (Å²) in [5.41, 5.74) is -0.800. The molecule has 2 rings (SSSR count). The number of thioether (sulfide) groups is 1. The van der Waals surface area contributed by atoms with E-state index in [1.807, 2.05) is 0 Å². The van der Waals surface area contributed by atoms with Crippen LogP contribution in [-0.2, 0) is 4.79 Å². The Morgan fingerprint density at radius 2 is 2.05 bits per heavy atom. The van der Waals surface area contributed by atoms with E-state index < -0.39 is 22.4 Å². The second-order valence-corrected chi connectivity index (χ2v) is 6.96. The fourth-order valence-electron chi connectivity index (χ4n) is 2.57. The molecule has 6 heteroatoms. The summed E-state index contributed by atoms with van der Waals surface area (Å²) in [7, 11) is 0. The molecule has 0 bridgehead atoms. The molecule has 0 saturated heterocycles. The van der Waals surface area contributed by atoms with E-state index in [4.69, 9.17) is 0 Å². The van der Waals surface area contributed by atoms with Gasteiger partial charge in [-0.25, -0.2) is 8.78 Å². The standard InChI is InChI=1S/C16H18F2N2OS/c1-11(22-14-6-5-12(17)9-13(14)18)15(21)20-16(10-19)7-3-2-4-8-16/h5-6,9,11H,2-4,7-8H2,1H3,(H,20,21)/t11-/m1/s1. The van der Waals surface area contributed by atoms with Crippen LogP contribution < -0.4 is 5.32 Å². The summed E-state index contributed by atoms with van der Waals surface area (Å²) >= 11 is 1.02. The van der Waals surface area contributed by atoms with Gasteiger partial charge >= 0.3 is 0 Å². The Hall–Kier alpha value is -1.61. The summed E-state index contributed by atoms with van der Waals surface area (Å²) in [5, 5.41) is 11.6. The summed E-state index contributed by atoms with van der Waals surface area (Å²) in [6.07, 6.45) is 4.21. The van der Waals surface area contributed by atoms with Crippen LogP contribution in [0.3, 0.4) is 0 Å². The molecule has 1 atom stereocenters. The number of carbonyl (C=O) groups excluding carboxylic acids is 1. The monoisotopic (exact) mass is 324 g/mol. The number of nitriles is 1. The molecule has 1 aliphatic rings. The lowest BCUT2D eigenvalue weighted by molar-refractivity contribution is -0.121. The summed E-state index contributed by atoms with van der Waals surface area (Å²) in [5.74, 6) is -1.63. The van der Waals surface area contributed by atoms with E-state index in [9.17, 15) is 18.8 Å². The molecule has 1 aromatic carbocycles. The van der Waals surface area contributed by atoms with Gasteiger partial charge in [0.25, 0.3) is 0 Å². The number of nitrogens with zero attached hydrogens (tertiary/aromatic N) is 1. The van der Waals surface area contributed by atoms with Crippen LogP contribution in [-0.4, -0.2) is 16.7 Å². The second-order valence-electron chi connectivity index (χ2n) is 5.58. The zero-order chi connectivity index (χ0) is 16.2. The molecular weight excluding hydrogens is 306 g/mol. The van der Waals surface area contributed by atoms with Crippen LogP contribution in [0.1, 0.15) is 39.0 Å². The Morgan fingerprint density at radius 3 is 2.64 bits per heavy atom. The lowest BCUT2D eigenvalue weighted by Gasteiger charge is -2.32. The smallest absolute Gasteiger partial charge is 0.234 e. The van der Waals surface area contributed by atoms with Crippen LogP contribution in [0.25, 0.3) is 0 Å². The van der Waals surface area contributed by atoms with Crippen molar-refractivity contribution in [1.82, 2.24) is 5.32 Å². The van der Waals surface area contributed by atoms with Crippen molar-refractivity contribution in [3.05, 3.63) is 29.8 Å². The summed E-state index contributed by atoms with van der Waals surface area (Å²) in [6.45, 7) is 1.65. The number of halogens is 2. The topological polar surface area (TPSA) is 52.9 Å². The lowest BCUT2D eigenvalue weighted by Crippen LogP contribution is -2.50. The molecule has 3 nitrogen and oxygen atoms in total. The molecule has 0 heterocycles. The summed E-state index contributed by atoms with van der Waals surface area (Å²) in [6, 6.07) is 5.50. The minimum Gasteiger partial charge on any atom is -0.337 e. The van der Waals surface area contributed by atoms with Crippen LogP contribution in [0.2, 0.25) is 0 Å². The van der Waals surface area contributed by atoms with E-state index in [1.165, 1.54) is 6.07 Å². The molecule has 0 unspecified atom stereocenters. The highest BCUT2D eigenvalue weighted by molar-refractivity contribution is 8.00. The van der Waals surface area contributed by atoms with Crippen molar-refractivity contribution in [2.24, 2.45) is 0 Å². The number of benzene rings is 1. The highest BCUT2D eigenvalue weighted by Gasteiger charge is 2.34. The Labute approximate surface area is 133 Å². The number of amides is 1. The van der Waals surface area contributed by atoms with Gasteiger partial charge in [0.2, 0.25) is 5.91 Å². The SMILES string of the molecule is C[C@@H](Sc1ccc(F)cc1F)C(=O)NC1(C#N)CCCCC1. The molecule has 0 aromatic heterocycles. The molecule has 1 N–H and O–H groups in total. The van der Waals surface area contributed by atoms with Gasteiger partial charge in [0.1, 0.15) is 17.2 Å². The van der Waals surface area contributed by atoms with Crippen molar-refractivity contribution in [2.45, 2.75) is 54.7 Å². The van der Waals surface area contributed by atoms with Crippen molar-refractivity contribution < 1.29 is 13.6 Å². The van der Waals surface area contributed by atoms with Gasteiger partial charge in [-0.3, -0.25) is 4.79 Å². The minimum atomic E-state index is -0.800. The molecule has 1 saturated carbocycles. The van der Waals surface area contributed by atoms with Gasteiger partial charge in [-0.15, -0.1) is 11.8 Å². The maximum atomic E-state index is 13.6. The number of rotatable bonds is 4. The van der Waals surface area contributed by atoms with E-state index in [1.54, 1.807) is 6.92 Å². The van der Waals surface area contributed by atoms with E-state index in [0.717, 1.165) is 43.2 Å². The van der Waals surface area contributed by atoms with E-state index >= 15 is 0 Å². The Kier molecular flexibility index (Phi) is 5.41. The van der Waals surface area contributed by atoms with Crippen LogP contribution in [0.15, 0.2) is 23.1 Å². The maximum absolute atomic E-state index is 13.6. The first kappa shape index (κ1) is 16.8. The normalized spacial score (nSPS) is 18.3. The number of hydrogen-bond acceptors (Lipinski definition) is 3. The van der Waals surface area contributed by atoms with E-state index in [2.05, 4.69) is 11.4 Å². The molecule has 1 aromatic rings. The van der Waals surface area contributed by atoms with E-state index in [-0.39, 0.29) is 10.8 Å². The molecule has 0 aliphatic heterocycles. The predicted molar refractivity (Wildman–Crippen MR) is 81.2 cm³/mol. The molecule has 0 spiro atoms. The Balaban J connectivity index is 2.01. The van der Waals surface area contributed by atoms with Crippen LogP contribution in [0.4, 0.5) is 8.78 Å². The summed E-state index contributed by atoms with van der Waals surface area (Å²) < 4.78 is 26.5. The third kappa shape index (κ3) is 3.98. The molecular formula is C16H18F2N2OS. The number of hydrogen-bond donors (Lipinski definition) is 1. The second kappa shape index (κ2) is 7.10. The highest BCUT2D eigenvalue weighted by Crippen LogP contribution is 2.30. The molecule has 1 aliphatic carbocycles. The maximum Gasteiger partial charge on any atom is 0.234 e. The molecule has 118 valence electrons. The van der Waals surface area contributed by atoms with E-state index in [0.29, 0.717) is 12.8 Å². The van der Waals surface area contributed by atoms with Gasteiger partial charge < -0.3 is 5.32 Å². The lowest BCUT2D eigenvalue weighted by atomic mass is 9.83. The first-order valence-corrected chi connectivity index (χ1v) is 8.19. The Morgan fingerprint density at radius 1 is 1.36 bits per heavy atom. The zero-order valence-corrected chi connectivity index (χ0v) is 13.2. The predicted octanol–water partition coefficient (Wildman–Crippen LogP) is 3.79. The molecule has 1 fully saturated rings. The van der Waals surface area contributed by atoms with Gasteiger partial charge in [-0.05, 0) is 31.9 Å². The van der Waals surface area contributed by atoms with Gasteiger partial charge in [0.15, 0.2) is 0 Å². The third-order valence-corrected chi connectivity index (χ3v) is 5.00. The first-order chi connectivity index (χ1) is 10.5. The molecule has 22 heavy (non-hydrogen) atoms. The fourth-order valence-corrected chi connectivity index (χ4v) is 3.44. The van der Waals surface area contributed by atoms with Crippen LogP contribution >= 0.6 is 11.8 Å². The van der Waals surface area contributed by atoms with Crippen LogP contribution in [0.5, 0.6) is 0 Å². The largest absolute Gasteiger partial charge is 0.337 e. The average Bonchev–Trinajstić information content (AvgIpc) is 2.51.